The van der Waals surface area contributed by atoms with E-state index in [2.05, 4.69) is 25.9 Å². The van der Waals surface area contributed by atoms with E-state index < -0.39 is 11.7 Å². The minimum atomic E-state index is -4.39. The summed E-state index contributed by atoms with van der Waals surface area (Å²) in [5.41, 5.74) is 0.973. The second kappa shape index (κ2) is 5.35. The average molecular weight is 367 g/mol. The van der Waals surface area contributed by atoms with Gasteiger partial charge in [0.25, 0.3) is 0 Å². The van der Waals surface area contributed by atoms with E-state index in [-0.39, 0.29) is 5.52 Å². The lowest BCUT2D eigenvalue weighted by Gasteiger charge is -2.10. The van der Waals surface area contributed by atoms with Gasteiger partial charge in [-0.3, -0.25) is 0 Å². The van der Waals surface area contributed by atoms with Crippen LogP contribution in [-0.4, -0.2) is 9.97 Å². The first-order valence-corrected chi connectivity index (χ1v) is 7.25. The van der Waals surface area contributed by atoms with Crippen LogP contribution in [0.4, 0.5) is 13.2 Å². The second-order valence-corrected chi connectivity index (χ2v) is 5.79. The molecule has 0 saturated carbocycles. The van der Waals surface area contributed by atoms with Crippen LogP contribution in [0, 0.1) is 6.92 Å². The number of aromatic nitrogens is 2. The monoisotopic (exact) mass is 366 g/mol. The number of alkyl halides is 3. The Morgan fingerprint density at radius 1 is 1.00 bits per heavy atom. The molecule has 0 bridgehead atoms. The lowest BCUT2D eigenvalue weighted by molar-refractivity contribution is -0.137. The largest absolute Gasteiger partial charge is 0.416 e. The number of aryl methyl sites for hydroxylation is 1. The molecule has 0 saturated heterocycles. The van der Waals surface area contributed by atoms with Crippen molar-refractivity contribution in [3.8, 4) is 11.4 Å². The number of rotatable bonds is 1. The van der Waals surface area contributed by atoms with Crippen LogP contribution >= 0.6 is 15.9 Å². The van der Waals surface area contributed by atoms with Gasteiger partial charge >= 0.3 is 6.18 Å². The summed E-state index contributed by atoms with van der Waals surface area (Å²) in [6.45, 7) is 1.76. The highest BCUT2D eigenvalue weighted by atomic mass is 79.9. The molecule has 0 aliphatic carbocycles. The number of benzene rings is 2. The third-order valence-corrected chi connectivity index (χ3v) is 3.79. The van der Waals surface area contributed by atoms with Gasteiger partial charge in [0.05, 0.1) is 11.1 Å². The molecule has 1 heterocycles. The van der Waals surface area contributed by atoms with Crippen LogP contribution in [0.15, 0.2) is 46.9 Å². The second-order valence-electron chi connectivity index (χ2n) is 4.87. The van der Waals surface area contributed by atoms with Crippen LogP contribution in [0.1, 0.15) is 11.3 Å². The smallest absolute Gasteiger partial charge is 0.233 e. The van der Waals surface area contributed by atoms with Gasteiger partial charge in [-0.2, -0.15) is 13.2 Å². The first-order valence-electron chi connectivity index (χ1n) is 6.46. The Balaban J connectivity index is 2.22. The van der Waals surface area contributed by atoms with Crippen LogP contribution in [0.25, 0.3) is 22.3 Å². The maximum atomic E-state index is 12.8. The molecule has 22 heavy (non-hydrogen) atoms. The summed E-state index contributed by atoms with van der Waals surface area (Å²) >= 11 is 3.36. The molecule has 0 spiro atoms. The summed E-state index contributed by atoms with van der Waals surface area (Å²) < 4.78 is 39.4. The molecule has 3 rings (SSSR count). The van der Waals surface area contributed by atoms with Crippen molar-refractivity contribution < 1.29 is 13.2 Å². The van der Waals surface area contributed by atoms with Crippen molar-refractivity contribution in [3.05, 3.63) is 58.2 Å². The minimum absolute atomic E-state index is 0.289. The predicted molar refractivity (Wildman–Crippen MR) is 82.4 cm³/mol. The quantitative estimate of drug-likeness (QED) is 0.577. The van der Waals surface area contributed by atoms with Gasteiger partial charge in [-0.05, 0) is 31.2 Å². The van der Waals surface area contributed by atoms with Crippen LogP contribution < -0.4 is 0 Å². The zero-order chi connectivity index (χ0) is 15.9. The van der Waals surface area contributed by atoms with E-state index >= 15 is 0 Å². The average Bonchev–Trinajstić information content (AvgIpc) is 2.45. The topological polar surface area (TPSA) is 25.8 Å². The molecule has 0 fully saturated rings. The molecule has 0 aliphatic heterocycles. The zero-order valence-electron chi connectivity index (χ0n) is 11.4. The molecule has 3 aromatic rings. The van der Waals surface area contributed by atoms with Gasteiger partial charge in [-0.15, -0.1) is 0 Å². The van der Waals surface area contributed by atoms with Crippen molar-refractivity contribution in [2.24, 2.45) is 0 Å². The molecule has 1 aromatic heterocycles. The highest BCUT2D eigenvalue weighted by Gasteiger charge is 2.30. The number of halogens is 4. The summed E-state index contributed by atoms with van der Waals surface area (Å²) in [5, 5.41) is 0.617. The Hall–Kier alpha value is -1.95. The molecule has 0 amide bonds. The Kier molecular flexibility index (Phi) is 3.64. The Bertz CT molecular complexity index is 860. The molecule has 0 atom stereocenters. The molecular weight excluding hydrogens is 357 g/mol. The predicted octanol–water partition coefficient (Wildman–Crippen LogP) is 5.39. The molecule has 0 radical (unpaired) electrons. The summed E-state index contributed by atoms with van der Waals surface area (Å²) in [4.78, 5) is 8.68. The standard InChI is InChI=1S/C16H10BrF3N2/c1-9-13-6-5-11(16(18,19)20)8-14(13)22-15(21-9)10-3-2-4-12(17)7-10/h2-8H,1H3. The van der Waals surface area contributed by atoms with E-state index in [9.17, 15) is 13.2 Å². The van der Waals surface area contributed by atoms with Crippen molar-refractivity contribution in [2.75, 3.05) is 0 Å². The number of hydrogen-bond acceptors (Lipinski definition) is 2. The fourth-order valence-corrected chi connectivity index (χ4v) is 2.62. The fourth-order valence-electron chi connectivity index (χ4n) is 2.22. The zero-order valence-corrected chi connectivity index (χ0v) is 13.0. The van der Waals surface area contributed by atoms with E-state index in [1.54, 1.807) is 6.92 Å². The van der Waals surface area contributed by atoms with Crippen LogP contribution in [0.2, 0.25) is 0 Å². The first-order chi connectivity index (χ1) is 10.3. The van der Waals surface area contributed by atoms with Gasteiger partial charge in [-0.1, -0.05) is 34.1 Å². The van der Waals surface area contributed by atoms with Crippen LogP contribution in [-0.2, 0) is 6.18 Å². The van der Waals surface area contributed by atoms with E-state index in [0.717, 1.165) is 22.2 Å². The summed E-state index contributed by atoms with van der Waals surface area (Å²) in [7, 11) is 0. The van der Waals surface area contributed by atoms with Crippen molar-refractivity contribution in [2.45, 2.75) is 13.1 Å². The molecule has 0 N–H and O–H groups in total. The lowest BCUT2D eigenvalue weighted by Crippen LogP contribution is -2.05. The van der Waals surface area contributed by atoms with Crippen molar-refractivity contribution in [1.29, 1.82) is 0 Å². The molecular formula is C16H10BrF3N2. The van der Waals surface area contributed by atoms with E-state index in [1.165, 1.54) is 6.07 Å². The number of fused-ring (bicyclic) bond motifs is 1. The fraction of sp³-hybridized carbons (Fsp3) is 0.125. The number of hydrogen-bond donors (Lipinski definition) is 0. The molecule has 2 aromatic carbocycles. The third kappa shape index (κ3) is 2.83. The van der Waals surface area contributed by atoms with E-state index in [1.807, 2.05) is 24.3 Å². The van der Waals surface area contributed by atoms with Crippen LogP contribution in [0.5, 0.6) is 0 Å². The highest BCUT2D eigenvalue weighted by molar-refractivity contribution is 9.10. The SMILES string of the molecule is Cc1nc(-c2cccc(Br)c2)nc2cc(C(F)(F)F)ccc12. The lowest BCUT2D eigenvalue weighted by atomic mass is 10.1. The van der Waals surface area contributed by atoms with Crippen LogP contribution in [0.3, 0.4) is 0 Å². The molecule has 0 unspecified atom stereocenters. The van der Waals surface area contributed by atoms with Gasteiger partial charge in [-0.25, -0.2) is 9.97 Å². The Morgan fingerprint density at radius 2 is 1.77 bits per heavy atom. The molecule has 112 valence electrons. The normalized spacial score (nSPS) is 11.9. The summed E-state index contributed by atoms with van der Waals surface area (Å²) in [6, 6.07) is 10.9. The minimum Gasteiger partial charge on any atom is -0.233 e. The first kappa shape index (κ1) is 15.0. The van der Waals surface area contributed by atoms with Gasteiger partial charge in [0.1, 0.15) is 0 Å². The molecule has 2 nitrogen and oxygen atoms in total. The van der Waals surface area contributed by atoms with E-state index in [4.69, 9.17) is 0 Å². The number of nitrogens with zero attached hydrogens (tertiary/aromatic N) is 2. The van der Waals surface area contributed by atoms with Gasteiger partial charge < -0.3 is 0 Å². The summed E-state index contributed by atoms with van der Waals surface area (Å²) in [5.74, 6) is 0.408. The Labute approximate surface area is 133 Å². The van der Waals surface area contributed by atoms with E-state index in [0.29, 0.717) is 16.9 Å². The van der Waals surface area contributed by atoms with Crippen molar-refractivity contribution in [3.63, 3.8) is 0 Å². The van der Waals surface area contributed by atoms with Gasteiger partial charge in [0.2, 0.25) is 0 Å². The molecule has 6 heteroatoms. The maximum absolute atomic E-state index is 12.8. The summed E-state index contributed by atoms with van der Waals surface area (Å²) in [6.07, 6.45) is -4.39. The third-order valence-electron chi connectivity index (χ3n) is 3.30. The Morgan fingerprint density at radius 3 is 2.45 bits per heavy atom. The molecule has 0 aliphatic rings. The van der Waals surface area contributed by atoms with Crippen molar-refractivity contribution >= 4 is 26.8 Å². The highest BCUT2D eigenvalue weighted by Crippen LogP contribution is 2.32. The van der Waals surface area contributed by atoms with Gasteiger partial charge in [0, 0.05) is 21.1 Å². The maximum Gasteiger partial charge on any atom is 0.416 e. The van der Waals surface area contributed by atoms with Crippen molar-refractivity contribution in [1.82, 2.24) is 9.97 Å². The van der Waals surface area contributed by atoms with Gasteiger partial charge in [0.15, 0.2) is 5.82 Å².